The number of hydrogen-bond acceptors (Lipinski definition) is 3. The number of carbonyl (C=O) groups is 2. The maximum absolute atomic E-state index is 13.4. The van der Waals surface area contributed by atoms with E-state index in [2.05, 4.69) is 20.7 Å². The zero-order valence-electron chi connectivity index (χ0n) is 9.53. The predicted molar refractivity (Wildman–Crippen MR) is 59.6 cm³/mol. The van der Waals surface area contributed by atoms with E-state index in [4.69, 9.17) is 0 Å². The van der Waals surface area contributed by atoms with Gasteiger partial charge in [-0.1, -0.05) is 0 Å². The first kappa shape index (κ1) is 15.6. The van der Waals surface area contributed by atoms with Crippen molar-refractivity contribution in [2.75, 3.05) is 6.61 Å². The second-order valence-electron chi connectivity index (χ2n) is 3.46. The van der Waals surface area contributed by atoms with Gasteiger partial charge in [-0.2, -0.15) is 0 Å². The molecule has 0 heterocycles. The van der Waals surface area contributed by atoms with Gasteiger partial charge in [0.05, 0.1) is 16.6 Å². The molecule has 0 bridgehead atoms. The van der Waals surface area contributed by atoms with Crippen LogP contribution in [0.25, 0.3) is 0 Å². The summed E-state index contributed by atoms with van der Waals surface area (Å²) in [6.45, 7) is 0.721. The number of esters is 1. The highest BCUT2D eigenvalue weighted by atomic mass is 79.9. The molecule has 1 rings (SSSR count). The number of rotatable bonds is 4. The third-order valence-electron chi connectivity index (χ3n) is 2.12. The molecule has 0 N–H and O–H groups in total. The molecule has 3 nitrogen and oxygen atoms in total. The van der Waals surface area contributed by atoms with E-state index in [9.17, 15) is 27.2 Å². The van der Waals surface area contributed by atoms with Gasteiger partial charge in [-0.25, -0.2) is 17.6 Å². The minimum absolute atomic E-state index is 0.374. The number of ketones is 1. The monoisotopic (exact) mass is 342 g/mol. The molecular weight excluding hydrogens is 336 g/mol. The second-order valence-corrected chi connectivity index (χ2v) is 4.25. The summed E-state index contributed by atoms with van der Waals surface area (Å²) in [4.78, 5) is 22.0. The van der Waals surface area contributed by atoms with E-state index in [-0.39, 0.29) is 6.61 Å². The first-order valence-electron chi connectivity index (χ1n) is 4.95. The molecule has 0 saturated carbocycles. The van der Waals surface area contributed by atoms with Crippen molar-refractivity contribution in [3.63, 3.8) is 0 Å². The zero-order valence-corrected chi connectivity index (χ0v) is 11.1. The molecule has 1 aromatic rings. The number of carbonyl (C=O) groups excluding carboxylic acids is 2. The maximum atomic E-state index is 13.4. The van der Waals surface area contributed by atoms with Gasteiger partial charge < -0.3 is 4.74 Å². The molecule has 0 radical (unpaired) electrons. The van der Waals surface area contributed by atoms with Crippen molar-refractivity contribution in [3.05, 3.63) is 33.3 Å². The molecule has 0 atom stereocenters. The molecule has 8 heteroatoms. The van der Waals surface area contributed by atoms with E-state index in [0.29, 0.717) is 0 Å². The molecule has 0 amide bonds. The van der Waals surface area contributed by atoms with Gasteiger partial charge in [0.2, 0.25) is 0 Å². The van der Waals surface area contributed by atoms with E-state index in [1.165, 1.54) is 0 Å². The van der Waals surface area contributed by atoms with E-state index >= 15 is 0 Å². The van der Waals surface area contributed by atoms with Crippen LogP contribution < -0.4 is 0 Å². The van der Waals surface area contributed by atoms with E-state index in [1.54, 1.807) is 0 Å². The van der Waals surface area contributed by atoms with Crippen LogP contribution in [-0.2, 0) is 9.53 Å². The summed E-state index contributed by atoms with van der Waals surface area (Å²) >= 11 is 2.49. The summed E-state index contributed by atoms with van der Waals surface area (Å²) < 4.78 is 56.1. The Morgan fingerprint density at radius 2 is 1.58 bits per heavy atom. The van der Waals surface area contributed by atoms with Crippen molar-refractivity contribution in [2.24, 2.45) is 0 Å². The number of hydrogen-bond donors (Lipinski definition) is 0. The van der Waals surface area contributed by atoms with Crippen LogP contribution in [0.2, 0.25) is 0 Å². The lowest BCUT2D eigenvalue weighted by Crippen LogP contribution is -2.13. The van der Waals surface area contributed by atoms with Crippen LogP contribution in [0.15, 0.2) is 4.47 Å². The third kappa shape index (κ3) is 3.31. The van der Waals surface area contributed by atoms with E-state index < -0.39 is 51.5 Å². The molecule has 0 aliphatic carbocycles. The Bertz CT molecular complexity index is 516. The summed E-state index contributed by atoms with van der Waals surface area (Å²) in [6.07, 6.45) is -0.486. The average molecular weight is 343 g/mol. The molecule has 19 heavy (non-hydrogen) atoms. The average Bonchev–Trinajstić information content (AvgIpc) is 2.34. The van der Waals surface area contributed by atoms with Crippen LogP contribution >= 0.6 is 15.9 Å². The van der Waals surface area contributed by atoms with Gasteiger partial charge in [0, 0.05) is 13.3 Å². The largest absolute Gasteiger partial charge is 0.465 e. The quantitative estimate of drug-likeness (QED) is 0.277. The number of ether oxygens (including phenoxy) is 1. The number of Topliss-reactive ketones (excluding diaryl/α,β-unsaturated/α-hetero) is 1. The molecule has 1 aromatic carbocycles. The van der Waals surface area contributed by atoms with Crippen molar-refractivity contribution in [2.45, 2.75) is 13.3 Å². The minimum atomic E-state index is -2.07. The summed E-state index contributed by atoms with van der Waals surface area (Å²) in [5, 5.41) is 0. The summed E-state index contributed by atoms with van der Waals surface area (Å²) in [5.41, 5.74) is -0.955. The summed E-state index contributed by atoms with van der Waals surface area (Å²) in [6, 6.07) is 0. The number of halogens is 5. The van der Waals surface area contributed by atoms with Gasteiger partial charge in [-0.3, -0.25) is 9.59 Å². The summed E-state index contributed by atoms with van der Waals surface area (Å²) in [7, 11) is 0. The molecule has 0 spiro atoms. The zero-order chi connectivity index (χ0) is 14.7. The fourth-order valence-electron chi connectivity index (χ4n) is 1.26. The van der Waals surface area contributed by atoms with Crippen molar-refractivity contribution >= 4 is 27.7 Å². The lowest BCUT2D eigenvalue weighted by Gasteiger charge is -2.08. The van der Waals surface area contributed by atoms with Crippen LogP contribution in [0.5, 0.6) is 0 Å². The fraction of sp³-hybridized carbons (Fsp3) is 0.273. The van der Waals surface area contributed by atoms with Gasteiger partial charge in [0.1, 0.15) is 0 Å². The van der Waals surface area contributed by atoms with Gasteiger partial charge in [0.25, 0.3) is 0 Å². The van der Waals surface area contributed by atoms with Gasteiger partial charge in [-0.05, 0) is 15.9 Å². The molecule has 0 unspecified atom stereocenters. The topological polar surface area (TPSA) is 43.4 Å². The standard InChI is InChI=1S/C11H7BrF4O3/c1-4(17)19-3-2-5(18)6-7(12)9(14)11(16)10(15)8(6)13/h2-3H2,1H3. The molecule has 0 aromatic heterocycles. The Morgan fingerprint density at radius 1 is 1.05 bits per heavy atom. The van der Waals surface area contributed by atoms with Crippen molar-refractivity contribution in [1.29, 1.82) is 0 Å². The van der Waals surface area contributed by atoms with Crippen molar-refractivity contribution < 1.29 is 31.9 Å². The van der Waals surface area contributed by atoms with Gasteiger partial charge in [-0.15, -0.1) is 0 Å². The van der Waals surface area contributed by atoms with E-state index in [1.807, 2.05) is 0 Å². The first-order valence-corrected chi connectivity index (χ1v) is 5.74. The second kappa shape index (κ2) is 6.14. The normalized spacial score (nSPS) is 10.4. The van der Waals surface area contributed by atoms with E-state index in [0.717, 1.165) is 6.92 Å². The highest BCUT2D eigenvalue weighted by Crippen LogP contribution is 2.29. The fourth-order valence-corrected chi connectivity index (χ4v) is 1.83. The third-order valence-corrected chi connectivity index (χ3v) is 2.87. The molecule has 0 aliphatic rings. The van der Waals surface area contributed by atoms with Crippen LogP contribution in [0, 0.1) is 23.3 Å². The Hall–Kier alpha value is -1.44. The lowest BCUT2D eigenvalue weighted by molar-refractivity contribution is -0.140. The van der Waals surface area contributed by atoms with Crippen LogP contribution in [0.1, 0.15) is 23.7 Å². The Morgan fingerprint density at radius 3 is 2.11 bits per heavy atom. The molecular formula is C11H7BrF4O3. The van der Waals surface area contributed by atoms with Gasteiger partial charge >= 0.3 is 5.97 Å². The van der Waals surface area contributed by atoms with Gasteiger partial charge in [0.15, 0.2) is 29.1 Å². The molecule has 104 valence electrons. The molecule has 0 saturated heterocycles. The highest BCUT2D eigenvalue weighted by Gasteiger charge is 2.27. The lowest BCUT2D eigenvalue weighted by atomic mass is 10.1. The highest BCUT2D eigenvalue weighted by molar-refractivity contribution is 9.10. The Labute approximate surface area is 113 Å². The predicted octanol–water partition coefficient (Wildman–Crippen LogP) is 3.14. The Balaban J connectivity index is 3.07. The summed E-state index contributed by atoms with van der Waals surface area (Å²) in [5.74, 6) is -9.27. The van der Waals surface area contributed by atoms with Crippen LogP contribution in [-0.4, -0.2) is 18.4 Å². The maximum Gasteiger partial charge on any atom is 0.302 e. The SMILES string of the molecule is CC(=O)OCCC(=O)c1c(F)c(F)c(F)c(F)c1Br. The van der Waals surface area contributed by atoms with Crippen molar-refractivity contribution in [3.8, 4) is 0 Å². The smallest absolute Gasteiger partial charge is 0.302 e. The molecule has 0 fully saturated rings. The Kier molecular flexibility index (Phi) is 5.04. The van der Waals surface area contributed by atoms with Crippen LogP contribution in [0.4, 0.5) is 17.6 Å². The molecule has 0 aliphatic heterocycles. The van der Waals surface area contributed by atoms with Crippen molar-refractivity contribution in [1.82, 2.24) is 0 Å². The number of benzene rings is 1. The first-order chi connectivity index (χ1) is 8.77. The van der Waals surface area contributed by atoms with Crippen LogP contribution in [0.3, 0.4) is 0 Å². The minimum Gasteiger partial charge on any atom is -0.465 e.